The number of esters is 2. The van der Waals surface area contributed by atoms with E-state index in [0.29, 0.717) is 26.1 Å². The van der Waals surface area contributed by atoms with E-state index in [1.807, 2.05) is 0 Å². The first-order valence-corrected chi connectivity index (χ1v) is 17.3. The number of carbonyl (C=O) groups is 2. The molecule has 4 heteroatoms. The summed E-state index contributed by atoms with van der Waals surface area (Å²) in [6.07, 6.45) is 30.7. The molecular formula is C35H68O4. The highest BCUT2D eigenvalue weighted by atomic mass is 16.5. The van der Waals surface area contributed by atoms with Gasteiger partial charge in [-0.15, -0.1) is 0 Å². The summed E-state index contributed by atoms with van der Waals surface area (Å²) in [7, 11) is 0. The molecule has 0 amide bonds. The minimum atomic E-state index is -0.264. The van der Waals surface area contributed by atoms with Crippen LogP contribution in [0, 0.1) is 5.41 Å². The van der Waals surface area contributed by atoms with Crippen LogP contribution in [0.4, 0.5) is 0 Å². The van der Waals surface area contributed by atoms with Gasteiger partial charge in [0.15, 0.2) is 0 Å². The van der Waals surface area contributed by atoms with E-state index in [2.05, 4.69) is 27.7 Å². The van der Waals surface area contributed by atoms with E-state index in [9.17, 15) is 9.59 Å². The molecular weight excluding hydrogens is 484 g/mol. The molecule has 0 aliphatic carbocycles. The van der Waals surface area contributed by atoms with Crippen molar-refractivity contribution >= 4 is 11.9 Å². The van der Waals surface area contributed by atoms with Crippen LogP contribution in [0.2, 0.25) is 0 Å². The fraction of sp³-hybridized carbons (Fsp3) is 0.943. The molecule has 0 bridgehead atoms. The zero-order valence-electron chi connectivity index (χ0n) is 26.9. The quantitative estimate of drug-likeness (QED) is 0.0656. The third-order valence-corrected chi connectivity index (χ3v) is 8.55. The molecule has 0 heterocycles. The Morgan fingerprint density at radius 3 is 0.923 bits per heavy atom. The summed E-state index contributed by atoms with van der Waals surface area (Å²) in [5, 5.41) is 0. The van der Waals surface area contributed by atoms with E-state index in [0.717, 1.165) is 38.5 Å². The third-order valence-electron chi connectivity index (χ3n) is 8.55. The monoisotopic (exact) mass is 553 g/mol. The van der Waals surface area contributed by atoms with Crippen molar-refractivity contribution in [3.63, 3.8) is 0 Å². The average molecular weight is 553 g/mol. The van der Waals surface area contributed by atoms with Gasteiger partial charge in [0.05, 0.1) is 0 Å². The SMILES string of the molecule is CCCCCCCCCCCCCC(=O)OCC(CC)(CC)COC(=O)CCCCCCCCCCCCC. The lowest BCUT2D eigenvalue weighted by molar-refractivity contribution is -0.154. The van der Waals surface area contributed by atoms with Crippen molar-refractivity contribution in [1.82, 2.24) is 0 Å². The van der Waals surface area contributed by atoms with Crippen LogP contribution in [0.15, 0.2) is 0 Å². The highest BCUT2D eigenvalue weighted by Gasteiger charge is 2.30. The number of hydrogen-bond donors (Lipinski definition) is 0. The van der Waals surface area contributed by atoms with Crippen LogP contribution in [0.3, 0.4) is 0 Å². The highest BCUT2D eigenvalue weighted by Crippen LogP contribution is 2.28. The summed E-state index contributed by atoms with van der Waals surface area (Å²) in [5.74, 6) is -0.214. The van der Waals surface area contributed by atoms with Gasteiger partial charge in [0, 0.05) is 18.3 Å². The van der Waals surface area contributed by atoms with Crippen LogP contribution in [-0.2, 0) is 19.1 Å². The number of carbonyl (C=O) groups excluding carboxylic acids is 2. The summed E-state index contributed by atoms with van der Waals surface area (Å²) in [6, 6.07) is 0. The van der Waals surface area contributed by atoms with Gasteiger partial charge in [-0.3, -0.25) is 9.59 Å². The molecule has 39 heavy (non-hydrogen) atoms. The predicted octanol–water partition coefficient (Wildman–Crippen LogP) is 11.3. The van der Waals surface area contributed by atoms with E-state index in [4.69, 9.17) is 9.47 Å². The molecule has 0 unspecified atom stereocenters. The lowest BCUT2D eigenvalue weighted by Crippen LogP contribution is -2.33. The van der Waals surface area contributed by atoms with Crippen LogP contribution >= 0.6 is 0 Å². The second kappa shape index (κ2) is 28.5. The van der Waals surface area contributed by atoms with Crippen molar-refractivity contribution in [3.05, 3.63) is 0 Å². The van der Waals surface area contributed by atoms with Gasteiger partial charge in [0.1, 0.15) is 13.2 Å². The van der Waals surface area contributed by atoms with Crippen LogP contribution < -0.4 is 0 Å². The molecule has 232 valence electrons. The van der Waals surface area contributed by atoms with Crippen molar-refractivity contribution in [2.75, 3.05) is 13.2 Å². The fourth-order valence-corrected chi connectivity index (χ4v) is 5.18. The zero-order valence-corrected chi connectivity index (χ0v) is 26.9. The first-order valence-electron chi connectivity index (χ1n) is 17.3. The highest BCUT2D eigenvalue weighted by molar-refractivity contribution is 5.69. The maximum Gasteiger partial charge on any atom is 0.305 e. The lowest BCUT2D eigenvalue weighted by Gasteiger charge is -2.30. The molecule has 0 saturated carbocycles. The molecule has 0 aromatic carbocycles. The van der Waals surface area contributed by atoms with Crippen molar-refractivity contribution < 1.29 is 19.1 Å². The van der Waals surface area contributed by atoms with E-state index < -0.39 is 0 Å². The van der Waals surface area contributed by atoms with E-state index in [1.165, 1.54) is 116 Å². The number of rotatable bonds is 30. The Bertz CT molecular complexity index is 497. The first kappa shape index (κ1) is 37.9. The van der Waals surface area contributed by atoms with Gasteiger partial charge in [-0.2, -0.15) is 0 Å². The molecule has 0 aliphatic heterocycles. The third kappa shape index (κ3) is 24.5. The van der Waals surface area contributed by atoms with Crippen molar-refractivity contribution in [2.45, 2.75) is 195 Å². The molecule has 0 rings (SSSR count). The van der Waals surface area contributed by atoms with E-state index >= 15 is 0 Å². The van der Waals surface area contributed by atoms with Crippen molar-refractivity contribution in [3.8, 4) is 0 Å². The summed E-state index contributed by atoms with van der Waals surface area (Å²) in [4.78, 5) is 24.6. The fourth-order valence-electron chi connectivity index (χ4n) is 5.18. The topological polar surface area (TPSA) is 52.6 Å². The summed E-state index contributed by atoms with van der Waals surface area (Å²) in [6.45, 7) is 9.42. The molecule has 0 aromatic heterocycles. The number of hydrogen-bond acceptors (Lipinski definition) is 4. The molecule has 0 aromatic rings. The van der Waals surface area contributed by atoms with Gasteiger partial charge in [-0.1, -0.05) is 156 Å². The van der Waals surface area contributed by atoms with Gasteiger partial charge in [-0.25, -0.2) is 0 Å². The Labute approximate surface area is 244 Å². The standard InChI is InChI=1S/C35H68O4/c1-5-9-11-13-15-17-19-21-23-25-27-29-33(36)38-31-35(7-3,8-4)32-39-34(37)30-28-26-24-22-20-18-16-14-12-10-6-2/h5-32H2,1-4H3. The van der Waals surface area contributed by atoms with Crippen LogP contribution in [0.25, 0.3) is 0 Å². The predicted molar refractivity (Wildman–Crippen MR) is 167 cm³/mol. The number of unbranched alkanes of at least 4 members (excludes halogenated alkanes) is 20. The Hall–Kier alpha value is -1.06. The molecule has 4 nitrogen and oxygen atoms in total. The van der Waals surface area contributed by atoms with Gasteiger partial charge >= 0.3 is 11.9 Å². The largest absolute Gasteiger partial charge is 0.465 e. The molecule has 0 spiro atoms. The molecule has 0 aliphatic rings. The van der Waals surface area contributed by atoms with Gasteiger partial charge in [0.2, 0.25) is 0 Å². The first-order chi connectivity index (χ1) is 19.0. The molecule has 0 atom stereocenters. The summed E-state index contributed by atoms with van der Waals surface area (Å²) < 4.78 is 11.3. The minimum absolute atomic E-state index is 0.107. The van der Waals surface area contributed by atoms with Gasteiger partial charge in [0.25, 0.3) is 0 Å². The second-order valence-electron chi connectivity index (χ2n) is 12.1. The van der Waals surface area contributed by atoms with Crippen LogP contribution in [-0.4, -0.2) is 25.2 Å². The molecule has 0 saturated heterocycles. The smallest absolute Gasteiger partial charge is 0.305 e. The Kier molecular flexibility index (Phi) is 27.7. The van der Waals surface area contributed by atoms with Crippen LogP contribution in [0.1, 0.15) is 195 Å². The van der Waals surface area contributed by atoms with E-state index in [-0.39, 0.29) is 17.4 Å². The normalized spacial score (nSPS) is 11.6. The van der Waals surface area contributed by atoms with Gasteiger partial charge in [-0.05, 0) is 25.7 Å². The molecule has 0 fully saturated rings. The van der Waals surface area contributed by atoms with Crippen molar-refractivity contribution in [2.24, 2.45) is 5.41 Å². The van der Waals surface area contributed by atoms with Crippen LogP contribution in [0.5, 0.6) is 0 Å². The molecule has 0 radical (unpaired) electrons. The van der Waals surface area contributed by atoms with E-state index in [1.54, 1.807) is 0 Å². The van der Waals surface area contributed by atoms with Gasteiger partial charge < -0.3 is 9.47 Å². The zero-order chi connectivity index (χ0) is 28.9. The number of ether oxygens (including phenoxy) is 2. The lowest BCUT2D eigenvalue weighted by atomic mass is 9.84. The summed E-state index contributed by atoms with van der Waals surface area (Å²) in [5.41, 5.74) is -0.264. The average Bonchev–Trinajstić information content (AvgIpc) is 2.95. The maximum absolute atomic E-state index is 12.3. The summed E-state index contributed by atoms with van der Waals surface area (Å²) >= 11 is 0. The second-order valence-corrected chi connectivity index (χ2v) is 12.1. The van der Waals surface area contributed by atoms with Crippen molar-refractivity contribution in [1.29, 1.82) is 0 Å². The minimum Gasteiger partial charge on any atom is -0.465 e. The molecule has 0 N–H and O–H groups in total. The Morgan fingerprint density at radius 2 is 0.667 bits per heavy atom. The Morgan fingerprint density at radius 1 is 0.410 bits per heavy atom. The Balaban J connectivity index is 3.84. The maximum atomic E-state index is 12.3.